The van der Waals surface area contributed by atoms with Crippen molar-refractivity contribution in [2.75, 3.05) is 11.9 Å². The zero-order valence-electron chi connectivity index (χ0n) is 15.0. The van der Waals surface area contributed by atoms with Crippen LogP contribution in [-0.4, -0.2) is 26.9 Å². The first-order valence-electron chi connectivity index (χ1n) is 9.64. The summed E-state index contributed by atoms with van der Waals surface area (Å²) in [5.74, 6) is 1.79. The van der Waals surface area contributed by atoms with Crippen LogP contribution in [0.1, 0.15) is 23.2 Å². The molecule has 0 radical (unpaired) electrons. The molecular weight excluding hydrogens is 336 g/mol. The number of nitrogens with zero attached hydrogens (tertiary/aromatic N) is 3. The number of carbonyl (C=O) groups excluding carboxylic acids is 1. The van der Waals surface area contributed by atoms with E-state index in [2.05, 4.69) is 44.8 Å². The highest BCUT2D eigenvalue weighted by molar-refractivity contribution is 5.97. The van der Waals surface area contributed by atoms with Gasteiger partial charge in [-0.1, -0.05) is 18.2 Å². The Bertz CT molecular complexity index is 1210. The molecule has 0 spiro atoms. The molecule has 1 aliphatic carbocycles. The predicted molar refractivity (Wildman–Crippen MR) is 107 cm³/mol. The highest BCUT2D eigenvalue weighted by Crippen LogP contribution is 2.38. The van der Waals surface area contributed by atoms with Crippen LogP contribution in [0.3, 0.4) is 0 Å². The molecule has 4 aromatic rings. The minimum absolute atomic E-state index is 0.668. The van der Waals surface area contributed by atoms with Crippen molar-refractivity contribution in [2.24, 2.45) is 5.92 Å². The number of fused-ring (bicyclic) bond motifs is 1. The standard InChI is InChI=1S/C22H20N4O/c27-13-15-9-17-21-18(10-15)24-22(25(21)8-7-23-17)20-11-16-3-1-2-4-19(16)26(20)12-14-5-6-14/h1-4,9-11,13-14,23H,5-8,12H2. The zero-order chi connectivity index (χ0) is 18.0. The van der Waals surface area contributed by atoms with E-state index in [9.17, 15) is 4.79 Å². The number of imidazole rings is 1. The van der Waals surface area contributed by atoms with Gasteiger partial charge in [0.2, 0.25) is 0 Å². The summed E-state index contributed by atoms with van der Waals surface area (Å²) in [7, 11) is 0. The Morgan fingerprint density at radius 2 is 2.07 bits per heavy atom. The van der Waals surface area contributed by atoms with Crippen LogP contribution in [-0.2, 0) is 13.1 Å². The molecule has 1 aliphatic heterocycles. The number of aldehydes is 1. The van der Waals surface area contributed by atoms with Crippen LogP contribution in [0.15, 0.2) is 42.5 Å². The fraction of sp³-hybridized carbons (Fsp3) is 0.273. The molecule has 1 fully saturated rings. The van der Waals surface area contributed by atoms with E-state index in [0.29, 0.717) is 5.56 Å². The van der Waals surface area contributed by atoms with Crippen LogP contribution in [0.5, 0.6) is 0 Å². The number of hydrogen-bond acceptors (Lipinski definition) is 3. The Balaban J connectivity index is 1.64. The Morgan fingerprint density at radius 3 is 2.93 bits per heavy atom. The lowest BCUT2D eigenvalue weighted by Gasteiger charge is -2.19. The molecule has 3 heterocycles. The van der Waals surface area contributed by atoms with E-state index in [1.54, 1.807) is 0 Å². The summed E-state index contributed by atoms with van der Waals surface area (Å²) in [6.45, 7) is 2.78. The van der Waals surface area contributed by atoms with Crippen molar-refractivity contribution in [3.8, 4) is 11.5 Å². The Labute approximate surface area is 156 Å². The van der Waals surface area contributed by atoms with Crippen molar-refractivity contribution >= 4 is 33.9 Å². The Kier molecular flexibility index (Phi) is 3.04. The minimum Gasteiger partial charge on any atom is -0.381 e. The molecule has 0 amide bonds. The molecule has 0 atom stereocenters. The third-order valence-electron chi connectivity index (χ3n) is 5.83. The number of rotatable bonds is 4. The van der Waals surface area contributed by atoms with E-state index >= 15 is 0 Å². The van der Waals surface area contributed by atoms with Gasteiger partial charge in [-0.05, 0) is 43.0 Å². The lowest BCUT2D eigenvalue weighted by atomic mass is 10.1. The van der Waals surface area contributed by atoms with Crippen LogP contribution < -0.4 is 5.32 Å². The fourth-order valence-electron chi connectivity index (χ4n) is 4.36. The van der Waals surface area contributed by atoms with Gasteiger partial charge in [-0.15, -0.1) is 0 Å². The van der Waals surface area contributed by atoms with Crippen molar-refractivity contribution < 1.29 is 4.79 Å². The van der Waals surface area contributed by atoms with Crippen LogP contribution in [0.25, 0.3) is 33.5 Å². The lowest BCUT2D eigenvalue weighted by Crippen LogP contribution is -2.18. The molecule has 134 valence electrons. The van der Waals surface area contributed by atoms with E-state index < -0.39 is 0 Å². The van der Waals surface area contributed by atoms with Crippen LogP contribution in [0, 0.1) is 5.92 Å². The second-order valence-corrected chi connectivity index (χ2v) is 7.71. The summed E-state index contributed by atoms with van der Waals surface area (Å²) in [5.41, 5.74) is 6.12. The predicted octanol–water partition coefficient (Wildman–Crippen LogP) is 4.31. The van der Waals surface area contributed by atoms with Gasteiger partial charge in [-0.25, -0.2) is 4.98 Å². The average Bonchev–Trinajstić information content (AvgIpc) is 3.35. The molecule has 6 rings (SSSR count). The van der Waals surface area contributed by atoms with Gasteiger partial charge in [-0.2, -0.15) is 0 Å². The highest BCUT2D eigenvalue weighted by Gasteiger charge is 2.27. The SMILES string of the molecule is O=Cc1cc2c3c(c1)nc(-c1cc4ccccc4n1CC1CC1)n3CCN2. The summed E-state index contributed by atoms with van der Waals surface area (Å²) in [4.78, 5) is 16.3. The zero-order valence-corrected chi connectivity index (χ0v) is 15.0. The van der Waals surface area contributed by atoms with E-state index in [-0.39, 0.29) is 0 Å². The second-order valence-electron chi connectivity index (χ2n) is 7.71. The maximum atomic E-state index is 11.3. The maximum absolute atomic E-state index is 11.3. The van der Waals surface area contributed by atoms with Gasteiger partial charge in [0.05, 0.1) is 22.4 Å². The van der Waals surface area contributed by atoms with E-state index in [4.69, 9.17) is 4.98 Å². The van der Waals surface area contributed by atoms with Crippen LogP contribution >= 0.6 is 0 Å². The number of para-hydroxylation sites is 1. The van der Waals surface area contributed by atoms with Gasteiger partial charge >= 0.3 is 0 Å². The number of carbonyl (C=O) groups is 1. The number of hydrogen-bond donors (Lipinski definition) is 1. The third-order valence-corrected chi connectivity index (χ3v) is 5.83. The maximum Gasteiger partial charge on any atom is 0.157 e. The average molecular weight is 356 g/mol. The number of nitrogens with one attached hydrogen (secondary N) is 1. The van der Waals surface area contributed by atoms with Gasteiger partial charge in [0, 0.05) is 36.1 Å². The molecule has 1 N–H and O–H groups in total. The first-order valence-corrected chi connectivity index (χ1v) is 9.64. The van der Waals surface area contributed by atoms with Crippen molar-refractivity contribution in [1.82, 2.24) is 14.1 Å². The summed E-state index contributed by atoms with van der Waals surface area (Å²) in [5, 5.41) is 4.68. The molecule has 1 saturated carbocycles. The van der Waals surface area contributed by atoms with E-state index in [0.717, 1.165) is 54.4 Å². The summed E-state index contributed by atoms with van der Waals surface area (Å²) >= 11 is 0. The van der Waals surface area contributed by atoms with E-state index in [1.165, 1.54) is 29.4 Å². The van der Waals surface area contributed by atoms with Crippen LogP contribution in [0.2, 0.25) is 0 Å². The third kappa shape index (κ3) is 2.24. The van der Waals surface area contributed by atoms with Crippen molar-refractivity contribution in [2.45, 2.75) is 25.9 Å². The smallest absolute Gasteiger partial charge is 0.157 e. The van der Waals surface area contributed by atoms with Crippen LogP contribution in [0.4, 0.5) is 5.69 Å². The van der Waals surface area contributed by atoms with Gasteiger partial charge < -0.3 is 14.5 Å². The fourth-order valence-corrected chi connectivity index (χ4v) is 4.36. The molecule has 0 unspecified atom stereocenters. The molecule has 27 heavy (non-hydrogen) atoms. The summed E-state index contributed by atoms with van der Waals surface area (Å²) in [6, 6.07) is 14.7. The van der Waals surface area contributed by atoms with Gasteiger partial charge in [0.15, 0.2) is 5.82 Å². The molecule has 2 aromatic heterocycles. The van der Waals surface area contributed by atoms with Gasteiger partial charge in [0.25, 0.3) is 0 Å². The number of benzene rings is 2. The normalized spacial score (nSPS) is 16.0. The lowest BCUT2D eigenvalue weighted by molar-refractivity contribution is 0.112. The molecule has 0 saturated heterocycles. The molecule has 0 bridgehead atoms. The van der Waals surface area contributed by atoms with Crippen molar-refractivity contribution in [1.29, 1.82) is 0 Å². The molecular formula is C22H20N4O. The molecule has 2 aromatic carbocycles. The van der Waals surface area contributed by atoms with Crippen molar-refractivity contribution in [3.05, 3.63) is 48.0 Å². The number of aromatic nitrogens is 3. The molecule has 5 heteroatoms. The quantitative estimate of drug-likeness (QED) is 0.555. The largest absolute Gasteiger partial charge is 0.381 e. The Morgan fingerprint density at radius 1 is 1.19 bits per heavy atom. The Hall–Kier alpha value is -3.08. The highest BCUT2D eigenvalue weighted by atomic mass is 16.1. The first-order chi connectivity index (χ1) is 13.3. The second kappa shape index (κ2) is 5.46. The topological polar surface area (TPSA) is 51.9 Å². The molecule has 2 aliphatic rings. The summed E-state index contributed by atoms with van der Waals surface area (Å²) in [6.07, 6.45) is 3.53. The minimum atomic E-state index is 0.668. The van der Waals surface area contributed by atoms with Gasteiger partial charge in [-0.3, -0.25) is 4.79 Å². The van der Waals surface area contributed by atoms with E-state index in [1.807, 2.05) is 12.1 Å². The summed E-state index contributed by atoms with van der Waals surface area (Å²) < 4.78 is 4.76. The number of anilines is 1. The van der Waals surface area contributed by atoms with Gasteiger partial charge in [0.1, 0.15) is 6.29 Å². The molecule has 5 nitrogen and oxygen atoms in total. The first kappa shape index (κ1) is 15.0. The monoisotopic (exact) mass is 356 g/mol. The van der Waals surface area contributed by atoms with Crippen molar-refractivity contribution in [3.63, 3.8) is 0 Å².